The van der Waals surface area contributed by atoms with Crippen molar-refractivity contribution < 1.29 is 8.42 Å². The van der Waals surface area contributed by atoms with Crippen LogP contribution in [0.5, 0.6) is 0 Å². The van der Waals surface area contributed by atoms with Crippen LogP contribution in [0, 0.1) is 0 Å². The van der Waals surface area contributed by atoms with Crippen molar-refractivity contribution in [3.05, 3.63) is 28.2 Å². The fourth-order valence-electron chi connectivity index (χ4n) is 1.78. The van der Waals surface area contributed by atoms with E-state index in [9.17, 15) is 8.42 Å². The summed E-state index contributed by atoms with van der Waals surface area (Å²) in [5, 5.41) is 3.22. The van der Waals surface area contributed by atoms with E-state index in [0.29, 0.717) is 9.37 Å². The minimum Gasteiger partial charge on any atom is -0.313 e. The molecule has 0 radical (unpaired) electrons. The molecule has 1 N–H and O–H groups in total. The number of benzene rings is 1. The molecule has 1 rings (SSSR count). The molecule has 0 aliphatic carbocycles. The molecule has 0 saturated heterocycles. The predicted octanol–water partition coefficient (Wildman–Crippen LogP) is 2.98. The summed E-state index contributed by atoms with van der Waals surface area (Å²) in [5.41, 5.74) is 1.06. The first-order chi connectivity index (χ1) is 9.34. The largest absolute Gasteiger partial charge is 0.313 e. The Morgan fingerprint density at radius 2 is 2.00 bits per heavy atom. The smallest absolute Gasteiger partial charge is 0.244 e. The zero-order valence-corrected chi connectivity index (χ0v) is 14.9. The molecule has 0 aliphatic heterocycles. The van der Waals surface area contributed by atoms with Gasteiger partial charge in [0.05, 0.1) is 4.90 Å². The quantitative estimate of drug-likeness (QED) is 0.810. The molecule has 6 heteroatoms. The molecule has 1 unspecified atom stereocenters. The summed E-state index contributed by atoms with van der Waals surface area (Å²) < 4.78 is 27.2. The number of nitrogens with one attached hydrogen (secondary N) is 1. The van der Waals surface area contributed by atoms with E-state index in [1.54, 1.807) is 13.1 Å². The lowest BCUT2D eigenvalue weighted by atomic mass is 10.2. The van der Waals surface area contributed by atoms with E-state index in [4.69, 9.17) is 0 Å². The lowest BCUT2D eigenvalue weighted by molar-refractivity contribution is 0.380. The highest BCUT2D eigenvalue weighted by atomic mass is 79.9. The van der Waals surface area contributed by atoms with Gasteiger partial charge in [0.1, 0.15) is 0 Å². The number of hydrogen-bond acceptors (Lipinski definition) is 3. The molecule has 1 atom stereocenters. The van der Waals surface area contributed by atoms with E-state index in [2.05, 4.69) is 21.2 Å². The summed E-state index contributed by atoms with van der Waals surface area (Å²) >= 11 is 3.38. The van der Waals surface area contributed by atoms with Crippen LogP contribution in [0.1, 0.15) is 32.8 Å². The van der Waals surface area contributed by atoms with Crippen LogP contribution in [-0.4, -0.2) is 32.4 Å². The summed E-state index contributed by atoms with van der Waals surface area (Å²) in [6, 6.07) is 5.36. The second kappa shape index (κ2) is 7.54. The normalized spacial score (nSPS) is 13.7. The van der Waals surface area contributed by atoms with E-state index in [1.807, 2.05) is 32.9 Å². The Labute approximate surface area is 130 Å². The van der Waals surface area contributed by atoms with Crippen molar-refractivity contribution in [2.24, 2.45) is 0 Å². The fraction of sp³-hybridized carbons (Fsp3) is 0.571. The lowest BCUT2D eigenvalue weighted by Gasteiger charge is -2.23. The Morgan fingerprint density at radius 1 is 1.35 bits per heavy atom. The van der Waals surface area contributed by atoms with Gasteiger partial charge in [0.2, 0.25) is 10.0 Å². The first kappa shape index (κ1) is 17.6. The van der Waals surface area contributed by atoms with Crippen LogP contribution in [-0.2, 0) is 16.6 Å². The number of halogens is 1. The summed E-state index contributed by atoms with van der Waals surface area (Å²) in [4.78, 5) is 0.320. The van der Waals surface area contributed by atoms with Crippen molar-refractivity contribution in [2.75, 3.05) is 13.6 Å². The van der Waals surface area contributed by atoms with Gasteiger partial charge in [-0.1, -0.05) is 19.9 Å². The third-order valence-electron chi connectivity index (χ3n) is 3.44. The van der Waals surface area contributed by atoms with Crippen LogP contribution in [0.4, 0.5) is 0 Å². The van der Waals surface area contributed by atoms with Gasteiger partial charge in [-0.3, -0.25) is 0 Å². The minimum absolute atomic E-state index is 0.0201. The van der Waals surface area contributed by atoms with Crippen LogP contribution in [0.3, 0.4) is 0 Å². The van der Waals surface area contributed by atoms with Gasteiger partial charge in [0.15, 0.2) is 0 Å². The molecule has 20 heavy (non-hydrogen) atoms. The van der Waals surface area contributed by atoms with Crippen molar-refractivity contribution in [1.29, 1.82) is 0 Å². The van der Waals surface area contributed by atoms with Crippen molar-refractivity contribution in [3.8, 4) is 0 Å². The maximum Gasteiger partial charge on any atom is 0.244 e. The number of hydrogen-bond donors (Lipinski definition) is 1. The molecule has 0 fully saturated rings. The Hall–Kier alpha value is -0.430. The van der Waals surface area contributed by atoms with Gasteiger partial charge in [0, 0.05) is 24.1 Å². The van der Waals surface area contributed by atoms with Gasteiger partial charge in [0.25, 0.3) is 0 Å². The van der Waals surface area contributed by atoms with Crippen LogP contribution in [0.25, 0.3) is 0 Å². The molecule has 0 aromatic heterocycles. The van der Waals surface area contributed by atoms with Gasteiger partial charge >= 0.3 is 0 Å². The average molecular weight is 363 g/mol. The lowest BCUT2D eigenvalue weighted by Crippen LogP contribution is -2.34. The molecular formula is C14H23BrN2O2S. The molecule has 4 nitrogen and oxygen atoms in total. The second-order valence-electron chi connectivity index (χ2n) is 4.82. The minimum atomic E-state index is -3.45. The Balaban J connectivity index is 3.07. The number of nitrogens with zero attached hydrogens (tertiary/aromatic N) is 1. The van der Waals surface area contributed by atoms with Crippen molar-refractivity contribution >= 4 is 26.0 Å². The first-order valence-corrected chi connectivity index (χ1v) is 9.05. The Bertz CT molecular complexity index is 546. The maximum absolute atomic E-state index is 12.6. The van der Waals surface area contributed by atoms with Gasteiger partial charge in [-0.05, 0) is 53.5 Å². The van der Waals surface area contributed by atoms with Crippen LogP contribution < -0.4 is 5.32 Å². The molecule has 1 aromatic rings. The topological polar surface area (TPSA) is 49.4 Å². The number of rotatable bonds is 7. The van der Waals surface area contributed by atoms with Crippen molar-refractivity contribution in [2.45, 2.75) is 44.7 Å². The van der Waals surface area contributed by atoms with Gasteiger partial charge in [-0.15, -0.1) is 0 Å². The van der Waals surface area contributed by atoms with E-state index in [1.165, 1.54) is 4.31 Å². The Kier molecular flexibility index (Phi) is 6.64. The third-order valence-corrected chi connectivity index (χ3v) is 6.39. The van der Waals surface area contributed by atoms with E-state index in [0.717, 1.165) is 25.1 Å². The van der Waals surface area contributed by atoms with E-state index >= 15 is 0 Å². The van der Waals surface area contributed by atoms with Crippen LogP contribution in [0.2, 0.25) is 0 Å². The highest BCUT2D eigenvalue weighted by Gasteiger charge is 2.26. The average Bonchev–Trinajstić information content (AvgIpc) is 2.43. The van der Waals surface area contributed by atoms with Crippen molar-refractivity contribution in [3.63, 3.8) is 0 Å². The molecule has 0 spiro atoms. The van der Waals surface area contributed by atoms with Gasteiger partial charge in [-0.2, -0.15) is 4.31 Å². The summed E-state index contributed by atoms with van der Waals surface area (Å²) in [6.07, 6.45) is 0.784. The summed E-state index contributed by atoms with van der Waals surface area (Å²) in [5.74, 6) is 0. The second-order valence-corrected chi connectivity index (χ2v) is 7.64. The number of sulfonamides is 1. The van der Waals surface area contributed by atoms with Crippen LogP contribution >= 0.6 is 15.9 Å². The predicted molar refractivity (Wildman–Crippen MR) is 86.2 cm³/mol. The SMILES string of the molecule is CCNCc1ccc(S(=O)(=O)N(C)C(C)CC)c(Br)c1. The standard InChI is InChI=1S/C14H23BrN2O2S/c1-5-11(3)17(4)20(18,19)14-8-7-12(9-13(14)15)10-16-6-2/h7-9,11,16H,5-6,10H2,1-4H3. The molecular weight excluding hydrogens is 340 g/mol. The molecule has 0 heterocycles. The monoisotopic (exact) mass is 362 g/mol. The Morgan fingerprint density at radius 3 is 2.50 bits per heavy atom. The molecule has 1 aromatic carbocycles. The first-order valence-electron chi connectivity index (χ1n) is 6.81. The van der Waals surface area contributed by atoms with Gasteiger partial charge < -0.3 is 5.32 Å². The molecule has 0 bridgehead atoms. The van der Waals surface area contributed by atoms with E-state index in [-0.39, 0.29) is 6.04 Å². The van der Waals surface area contributed by atoms with Gasteiger partial charge in [-0.25, -0.2) is 8.42 Å². The zero-order chi connectivity index (χ0) is 15.3. The molecule has 0 amide bonds. The molecule has 0 saturated carbocycles. The van der Waals surface area contributed by atoms with Crippen LogP contribution in [0.15, 0.2) is 27.6 Å². The molecule has 0 aliphatic rings. The fourth-order valence-corrected chi connectivity index (χ4v) is 4.30. The summed E-state index contributed by atoms with van der Waals surface area (Å²) in [7, 11) is -1.82. The third kappa shape index (κ3) is 4.04. The summed E-state index contributed by atoms with van der Waals surface area (Å²) in [6.45, 7) is 7.54. The van der Waals surface area contributed by atoms with E-state index < -0.39 is 10.0 Å². The molecule has 114 valence electrons. The highest BCUT2D eigenvalue weighted by Crippen LogP contribution is 2.27. The zero-order valence-electron chi connectivity index (χ0n) is 12.5. The highest BCUT2D eigenvalue weighted by molar-refractivity contribution is 9.10. The maximum atomic E-state index is 12.6. The van der Waals surface area contributed by atoms with Crippen molar-refractivity contribution in [1.82, 2.24) is 9.62 Å².